The number of hydrogen-bond acceptors (Lipinski definition) is 4. The summed E-state index contributed by atoms with van der Waals surface area (Å²) >= 11 is -0.750. The predicted molar refractivity (Wildman–Crippen MR) is 66.4 cm³/mol. The molecule has 0 aliphatic carbocycles. The van der Waals surface area contributed by atoms with E-state index in [1.807, 2.05) is 0 Å². The van der Waals surface area contributed by atoms with E-state index >= 15 is 0 Å². The van der Waals surface area contributed by atoms with Crippen molar-refractivity contribution in [2.24, 2.45) is 0 Å². The van der Waals surface area contributed by atoms with Crippen LogP contribution in [0.15, 0.2) is 36.5 Å². The molecule has 7 heteroatoms. The number of carbonyl (C=O) groups is 1. The van der Waals surface area contributed by atoms with E-state index in [-0.39, 0.29) is 5.82 Å². The Hall–Kier alpha value is -2.28. The van der Waals surface area contributed by atoms with Crippen molar-refractivity contribution in [3.05, 3.63) is 48.0 Å². The lowest BCUT2D eigenvalue weighted by atomic mass is 10.1. The van der Waals surface area contributed by atoms with E-state index in [1.54, 1.807) is 24.4 Å². The first-order valence-corrected chi connectivity index (χ1v) is 5.74. The van der Waals surface area contributed by atoms with Gasteiger partial charge in [-0.3, -0.25) is 0 Å². The van der Waals surface area contributed by atoms with Crippen molar-refractivity contribution >= 4 is 17.5 Å². The second-order valence-electron chi connectivity index (χ2n) is 3.33. The van der Waals surface area contributed by atoms with Gasteiger partial charge in [0.2, 0.25) is 0 Å². The minimum Gasteiger partial charge on any atom is -0.464 e. The van der Waals surface area contributed by atoms with Crippen LogP contribution in [0.2, 0.25) is 0 Å². The highest BCUT2D eigenvalue weighted by atomic mass is 32.1. The number of nitrogens with one attached hydrogen (secondary N) is 1. The number of aromatic nitrogens is 1. The second-order valence-corrected chi connectivity index (χ2v) is 3.47. The van der Waals surface area contributed by atoms with E-state index in [4.69, 9.17) is 8.42 Å². The molecule has 2 aromatic rings. The number of esters is 1. The molecule has 0 radical (unpaired) electrons. The summed E-state index contributed by atoms with van der Waals surface area (Å²) in [6, 6.07) is 7.68. The van der Waals surface area contributed by atoms with Crippen molar-refractivity contribution in [2.75, 3.05) is 7.11 Å². The van der Waals surface area contributed by atoms with Crippen LogP contribution >= 0.6 is 0 Å². The Morgan fingerprint density at radius 1 is 1.21 bits per heavy atom. The lowest BCUT2D eigenvalue weighted by molar-refractivity contribution is 0.0595. The highest BCUT2D eigenvalue weighted by Gasteiger charge is 2.14. The zero-order valence-electron chi connectivity index (χ0n) is 9.88. The van der Waals surface area contributed by atoms with E-state index in [0.29, 0.717) is 11.3 Å². The number of halogens is 1. The molecule has 1 aromatic heterocycles. The van der Waals surface area contributed by atoms with E-state index < -0.39 is 17.5 Å². The van der Waals surface area contributed by atoms with Gasteiger partial charge in [0.15, 0.2) is 0 Å². The Morgan fingerprint density at radius 2 is 1.79 bits per heavy atom. The van der Waals surface area contributed by atoms with Gasteiger partial charge in [0.25, 0.3) is 0 Å². The topological polar surface area (TPSA) is 76.2 Å². The number of methoxy groups -OCH3 is 1. The molecule has 0 saturated heterocycles. The summed E-state index contributed by atoms with van der Waals surface area (Å²) in [5.74, 6) is -0.747. The molecule has 0 aliphatic rings. The van der Waals surface area contributed by atoms with Gasteiger partial charge >= 0.3 is 17.5 Å². The minimum atomic E-state index is -0.750. The van der Waals surface area contributed by atoms with Crippen LogP contribution in [0.1, 0.15) is 10.5 Å². The fourth-order valence-corrected chi connectivity index (χ4v) is 1.51. The molecule has 1 heterocycles. The zero-order valence-corrected chi connectivity index (χ0v) is 10.7. The van der Waals surface area contributed by atoms with Crippen LogP contribution in [0.3, 0.4) is 0 Å². The minimum absolute atomic E-state index is 0.307. The van der Waals surface area contributed by atoms with Crippen LogP contribution in [0.4, 0.5) is 4.39 Å². The molecule has 0 fully saturated rings. The summed E-state index contributed by atoms with van der Waals surface area (Å²) in [5.41, 5.74) is 1.84. The quantitative estimate of drug-likeness (QED) is 0.854. The van der Waals surface area contributed by atoms with Gasteiger partial charge in [0.05, 0.1) is 7.11 Å². The molecule has 2 rings (SSSR count). The maximum atomic E-state index is 12.8. The number of hydrogen-bond donors (Lipinski definition) is 1. The molecule has 0 amide bonds. The Balaban J connectivity index is 0.000000550. The third-order valence-electron chi connectivity index (χ3n) is 2.29. The molecule has 100 valence electrons. The number of benzene rings is 1. The van der Waals surface area contributed by atoms with Crippen molar-refractivity contribution in [2.45, 2.75) is 0 Å². The summed E-state index contributed by atoms with van der Waals surface area (Å²) in [4.78, 5) is 14.2. The predicted octanol–water partition coefficient (Wildman–Crippen LogP) is 1.94. The lowest BCUT2D eigenvalue weighted by Gasteiger charge is -2.02. The van der Waals surface area contributed by atoms with E-state index in [0.717, 1.165) is 5.56 Å². The summed E-state index contributed by atoms with van der Waals surface area (Å²) in [6.45, 7) is 0. The molecule has 0 spiro atoms. The van der Waals surface area contributed by atoms with Crippen LogP contribution in [-0.4, -0.2) is 26.5 Å². The Labute approximate surface area is 112 Å². The molecule has 0 atom stereocenters. The maximum absolute atomic E-state index is 12.8. The van der Waals surface area contributed by atoms with Crippen LogP contribution in [0.25, 0.3) is 11.1 Å². The largest absolute Gasteiger partial charge is 0.464 e. The number of carbonyl (C=O) groups excluding carboxylic acids is 1. The van der Waals surface area contributed by atoms with E-state index in [1.165, 1.54) is 19.2 Å². The summed E-state index contributed by atoms with van der Waals surface area (Å²) in [6.07, 6.45) is 1.64. The molecule has 5 nitrogen and oxygen atoms in total. The summed E-state index contributed by atoms with van der Waals surface area (Å²) in [5, 5.41) is 0. The van der Waals surface area contributed by atoms with Crippen LogP contribution < -0.4 is 0 Å². The average Bonchev–Trinajstić information content (AvgIpc) is 2.89. The molecule has 0 saturated carbocycles. The highest BCUT2D eigenvalue weighted by Crippen LogP contribution is 2.23. The Kier molecular flexibility index (Phi) is 5.62. The van der Waals surface area contributed by atoms with Gasteiger partial charge < -0.3 is 9.72 Å². The van der Waals surface area contributed by atoms with Gasteiger partial charge in [-0.2, -0.15) is 8.42 Å². The third-order valence-corrected chi connectivity index (χ3v) is 2.29. The monoisotopic (exact) mass is 283 g/mol. The zero-order chi connectivity index (χ0) is 14.3. The molecular weight excluding hydrogens is 273 g/mol. The van der Waals surface area contributed by atoms with Crippen molar-refractivity contribution in [3.63, 3.8) is 0 Å². The van der Waals surface area contributed by atoms with Gasteiger partial charge in [-0.05, 0) is 23.8 Å². The summed E-state index contributed by atoms with van der Waals surface area (Å²) < 4.78 is 34.0. The fourth-order valence-electron chi connectivity index (χ4n) is 1.51. The molecule has 19 heavy (non-hydrogen) atoms. The third kappa shape index (κ3) is 3.85. The highest BCUT2D eigenvalue weighted by molar-refractivity contribution is 7.51. The van der Waals surface area contributed by atoms with Gasteiger partial charge in [0, 0.05) is 11.8 Å². The van der Waals surface area contributed by atoms with Crippen LogP contribution in [0.5, 0.6) is 0 Å². The van der Waals surface area contributed by atoms with Gasteiger partial charge in [0.1, 0.15) is 11.5 Å². The number of aromatic amines is 1. The average molecular weight is 283 g/mol. The van der Waals surface area contributed by atoms with Crippen LogP contribution in [-0.2, 0) is 16.3 Å². The Bertz CT molecular complexity index is 588. The second kappa shape index (κ2) is 7.22. The standard InChI is InChI=1S/C12H10FNO2.O2S/c1-16-12(15)11-10(6-7-14-11)8-2-4-9(13)5-3-8;1-3-2/h2-7,14H,1H3;. The van der Waals surface area contributed by atoms with Crippen molar-refractivity contribution in [1.82, 2.24) is 4.98 Å². The van der Waals surface area contributed by atoms with Gasteiger partial charge in [-0.15, -0.1) is 0 Å². The number of H-pyrrole nitrogens is 1. The van der Waals surface area contributed by atoms with Crippen molar-refractivity contribution in [3.8, 4) is 11.1 Å². The van der Waals surface area contributed by atoms with E-state index in [2.05, 4.69) is 9.72 Å². The fraction of sp³-hybridized carbons (Fsp3) is 0.0833. The molecular formula is C12H10FNO4S. The molecule has 1 N–H and O–H groups in total. The number of ether oxygens (including phenoxy) is 1. The summed E-state index contributed by atoms with van der Waals surface area (Å²) in [7, 11) is 1.32. The first kappa shape index (κ1) is 14.8. The molecule has 1 aromatic carbocycles. The maximum Gasteiger partial charge on any atom is 0.355 e. The first-order valence-electron chi connectivity index (χ1n) is 5.07. The van der Waals surface area contributed by atoms with Crippen LogP contribution in [0, 0.1) is 5.82 Å². The molecule has 0 aliphatic heterocycles. The lowest BCUT2D eigenvalue weighted by Crippen LogP contribution is -2.03. The molecule has 0 unspecified atom stereocenters. The first-order chi connectivity index (χ1) is 9.13. The smallest absolute Gasteiger partial charge is 0.355 e. The van der Waals surface area contributed by atoms with Crippen molar-refractivity contribution in [1.29, 1.82) is 0 Å². The Morgan fingerprint density at radius 3 is 2.32 bits per heavy atom. The van der Waals surface area contributed by atoms with Gasteiger partial charge in [-0.25, -0.2) is 9.18 Å². The SMILES string of the molecule is COC(=O)c1[nH]ccc1-c1ccc(F)cc1.O=S=O. The van der Waals surface area contributed by atoms with Gasteiger partial charge in [-0.1, -0.05) is 12.1 Å². The van der Waals surface area contributed by atoms with Crippen molar-refractivity contribution < 1.29 is 22.3 Å². The molecule has 0 bridgehead atoms. The van der Waals surface area contributed by atoms with E-state index in [9.17, 15) is 9.18 Å². The number of rotatable bonds is 2. The normalized spacial score (nSPS) is 9.16.